The number of hydrogen-bond acceptors (Lipinski definition) is 4. The molecule has 0 fully saturated rings. The van der Waals surface area contributed by atoms with Gasteiger partial charge in [0.1, 0.15) is 18.0 Å². The summed E-state index contributed by atoms with van der Waals surface area (Å²) in [4.78, 5) is 8.67. The van der Waals surface area contributed by atoms with Crippen LogP contribution in [-0.2, 0) is 12.8 Å². The highest BCUT2D eigenvalue weighted by molar-refractivity contribution is 5.57. The number of rotatable bonds is 4. The summed E-state index contributed by atoms with van der Waals surface area (Å²) >= 11 is 0. The molecule has 104 valence electrons. The molecule has 20 heavy (non-hydrogen) atoms. The van der Waals surface area contributed by atoms with Gasteiger partial charge in [-0.05, 0) is 37.8 Å². The summed E-state index contributed by atoms with van der Waals surface area (Å²) in [5.74, 6) is 1.86. The van der Waals surface area contributed by atoms with E-state index in [1.54, 1.807) is 6.33 Å². The van der Waals surface area contributed by atoms with Crippen molar-refractivity contribution in [2.24, 2.45) is 0 Å². The summed E-state index contributed by atoms with van der Waals surface area (Å²) in [5, 5.41) is 6.83. The highest BCUT2D eigenvalue weighted by Gasteiger charge is 2.21. The average molecular weight is 268 g/mol. The molecule has 0 bridgehead atoms. The minimum atomic E-state index is 0.426. The fourth-order valence-electron chi connectivity index (χ4n) is 2.80. The van der Waals surface area contributed by atoms with E-state index in [1.807, 2.05) is 0 Å². The standard InChI is InChI=1S/C16H20N4/c1-3-17-15-11(2)16(19-10-18-15)20-14-8-12-6-4-5-7-13(12)9-14/h4-7,10,14H,3,8-9H2,1-2H3,(H2,17,18,19,20). The van der Waals surface area contributed by atoms with Crippen molar-refractivity contribution in [2.75, 3.05) is 17.2 Å². The zero-order chi connectivity index (χ0) is 13.9. The van der Waals surface area contributed by atoms with Gasteiger partial charge in [-0.15, -0.1) is 0 Å². The maximum Gasteiger partial charge on any atom is 0.134 e. The minimum Gasteiger partial charge on any atom is -0.370 e. The summed E-state index contributed by atoms with van der Waals surface area (Å²) in [6.07, 6.45) is 3.75. The molecular weight excluding hydrogens is 248 g/mol. The maximum absolute atomic E-state index is 4.39. The smallest absolute Gasteiger partial charge is 0.134 e. The molecule has 0 unspecified atom stereocenters. The van der Waals surface area contributed by atoms with Gasteiger partial charge in [-0.3, -0.25) is 0 Å². The Bertz CT molecular complexity index is 584. The molecule has 0 amide bonds. The molecule has 1 aliphatic carbocycles. The van der Waals surface area contributed by atoms with Crippen LogP contribution in [0, 0.1) is 6.92 Å². The lowest BCUT2D eigenvalue weighted by Gasteiger charge is -2.16. The van der Waals surface area contributed by atoms with Gasteiger partial charge in [0.25, 0.3) is 0 Å². The zero-order valence-electron chi connectivity index (χ0n) is 12.0. The van der Waals surface area contributed by atoms with Gasteiger partial charge in [0.05, 0.1) is 0 Å². The van der Waals surface area contributed by atoms with Crippen molar-refractivity contribution in [3.63, 3.8) is 0 Å². The lowest BCUT2D eigenvalue weighted by Crippen LogP contribution is -2.21. The molecule has 0 spiro atoms. The first-order valence-corrected chi connectivity index (χ1v) is 7.16. The molecule has 0 atom stereocenters. The molecule has 1 heterocycles. The number of hydrogen-bond donors (Lipinski definition) is 2. The van der Waals surface area contributed by atoms with Gasteiger partial charge in [0.15, 0.2) is 0 Å². The number of nitrogens with zero attached hydrogens (tertiary/aromatic N) is 2. The van der Waals surface area contributed by atoms with Crippen molar-refractivity contribution < 1.29 is 0 Å². The number of nitrogens with one attached hydrogen (secondary N) is 2. The van der Waals surface area contributed by atoms with E-state index < -0.39 is 0 Å². The first kappa shape index (κ1) is 12.9. The van der Waals surface area contributed by atoms with E-state index in [1.165, 1.54) is 11.1 Å². The van der Waals surface area contributed by atoms with Gasteiger partial charge in [-0.1, -0.05) is 24.3 Å². The molecule has 0 radical (unpaired) electrons. The molecule has 1 aromatic carbocycles. The van der Waals surface area contributed by atoms with Crippen molar-refractivity contribution in [1.29, 1.82) is 0 Å². The summed E-state index contributed by atoms with van der Waals surface area (Å²) in [5.41, 5.74) is 3.98. The molecule has 0 saturated heterocycles. The fourth-order valence-corrected chi connectivity index (χ4v) is 2.80. The summed E-state index contributed by atoms with van der Waals surface area (Å²) in [6.45, 7) is 5.00. The quantitative estimate of drug-likeness (QED) is 0.895. The lowest BCUT2D eigenvalue weighted by molar-refractivity contribution is 0.766. The van der Waals surface area contributed by atoms with Crippen LogP contribution in [0.5, 0.6) is 0 Å². The second-order valence-electron chi connectivity index (χ2n) is 5.24. The summed E-state index contributed by atoms with van der Waals surface area (Å²) in [6, 6.07) is 9.08. The van der Waals surface area contributed by atoms with Crippen LogP contribution < -0.4 is 10.6 Å². The van der Waals surface area contributed by atoms with Gasteiger partial charge in [0.2, 0.25) is 0 Å². The van der Waals surface area contributed by atoms with Gasteiger partial charge >= 0.3 is 0 Å². The van der Waals surface area contributed by atoms with Crippen LogP contribution in [0.25, 0.3) is 0 Å². The Labute approximate surface area is 119 Å². The van der Waals surface area contributed by atoms with Crippen LogP contribution in [0.4, 0.5) is 11.6 Å². The van der Waals surface area contributed by atoms with Crippen molar-refractivity contribution in [2.45, 2.75) is 32.7 Å². The van der Waals surface area contributed by atoms with Crippen molar-refractivity contribution in [3.8, 4) is 0 Å². The predicted molar refractivity (Wildman–Crippen MR) is 82.2 cm³/mol. The fraction of sp³-hybridized carbons (Fsp3) is 0.375. The second-order valence-corrected chi connectivity index (χ2v) is 5.24. The maximum atomic E-state index is 4.39. The molecule has 0 aliphatic heterocycles. The van der Waals surface area contributed by atoms with Crippen LogP contribution in [0.2, 0.25) is 0 Å². The number of anilines is 2. The average Bonchev–Trinajstić information content (AvgIpc) is 2.86. The van der Waals surface area contributed by atoms with Crippen molar-refractivity contribution >= 4 is 11.6 Å². The largest absolute Gasteiger partial charge is 0.370 e. The zero-order valence-corrected chi connectivity index (χ0v) is 12.0. The van der Waals surface area contributed by atoms with Crippen LogP contribution in [0.1, 0.15) is 23.6 Å². The Morgan fingerprint density at radius 2 is 1.75 bits per heavy atom. The molecule has 4 heteroatoms. The van der Waals surface area contributed by atoms with Crippen LogP contribution in [0.15, 0.2) is 30.6 Å². The topological polar surface area (TPSA) is 49.8 Å². The van der Waals surface area contributed by atoms with E-state index in [9.17, 15) is 0 Å². The number of aromatic nitrogens is 2. The Morgan fingerprint density at radius 3 is 2.40 bits per heavy atom. The Hall–Kier alpha value is -2.10. The third kappa shape index (κ3) is 2.46. The molecule has 1 aromatic heterocycles. The third-order valence-corrected chi connectivity index (χ3v) is 3.82. The Balaban J connectivity index is 1.75. The number of fused-ring (bicyclic) bond motifs is 1. The van der Waals surface area contributed by atoms with E-state index in [4.69, 9.17) is 0 Å². The predicted octanol–water partition coefficient (Wildman–Crippen LogP) is 2.80. The Morgan fingerprint density at radius 1 is 1.10 bits per heavy atom. The lowest BCUT2D eigenvalue weighted by atomic mass is 10.1. The first-order valence-electron chi connectivity index (χ1n) is 7.16. The van der Waals surface area contributed by atoms with E-state index in [0.717, 1.165) is 36.6 Å². The molecule has 0 saturated carbocycles. The van der Waals surface area contributed by atoms with E-state index in [2.05, 4.69) is 58.7 Å². The van der Waals surface area contributed by atoms with Gasteiger partial charge < -0.3 is 10.6 Å². The van der Waals surface area contributed by atoms with Crippen LogP contribution in [0.3, 0.4) is 0 Å². The molecule has 2 N–H and O–H groups in total. The monoisotopic (exact) mass is 268 g/mol. The minimum absolute atomic E-state index is 0.426. The first-order chi connectivity index (χ1) is 9.78. The normalized spacial score (nSPS) is 14.1. The molecule has 2 aromatic rings. The van der Waals surface area contributed by atoms with E-state index >= 15 is 0 Å². The van der Waals surface area contributed by atoms with E-state index in [0.29, 0.717) is 6.04 Å². The summed E-state index contributed by atoms with van der Waals surface area (Å²) in [7, 11) is 0. The van der Waals surface area contributed by atoms with Gasteiger partial charge in [-0.2, -0.15) is 0 Å². The summed E-state index contributed by atoms with van der Waals surface area (Å²) < 4.78 is 0. The third-order valence-electron chi connectivity index (χ3n) is 3.82. The Kier molecular flexibility index (Phi) is 3.54. The molecular formula is C16H20N4. The van der Waals surface area contributed by atoms with Crippen LogP contribution in [-0.4, -0.2) is 22.6 Å². The van der Waals surface area contributed by atoms with E-state index in [-0.39, 0.29) is 0 Å². The molecule has 3 rings (SSSR count). The van der Waals surface area contributed by atoms with Gasteiger partial charge in [-0.25, -0.2) is 9.97 Å². The molecule has 1 aliphatic rings. The second kappa shape index (κ2) is 5.49. The highest BCUT2D eigenvalue weighted by Crippen LogP contribution is 2.26. The SMILES string of the molecule is CCNc1ncnc(NC2Cc3ccccc3C2)c1C. The van der Waals surface area contributed by atoms with Crippen molar-refractivity contribution in [1.82, 2.24) is 9.97 Å². The van der Waals surface area contributed by atoms with Crippen LogP contribution >= 0.6 is 0 Å². The van der Waals surface area contributed by atoms with Gasteiger partial charge in [0, 0.05) is 18.2 Å². The number of benzene rings is 1. The molecule has 4 nitrogen and oxygen atoms in total. The van der Waals surface area contributed by atoms with Crippen molar-refractivity contribution in [3.05, 3.63) is 47.3 Å². The highest BCUT2D eigenvalue weighted by atomic mass is 15.1.